The predicted molar refractivity (Wildman–Crippen MR) is 98.4 cm³/mol. The molecule has 1 atom stereocenters. The Morgan fingerprint density at radius 1 is 1.15 bits per heavy atom. The van der Waals surface area contributed by atoms with Crippen molar-refractivity contribution in [2.24, 2.45) is 0 Å². The summed E-state index contributed by atoms with van der Waals surface area (Å²) in [5.74, 6) is -0.600. The fraction of sp³-hybridized carbons (Fsp3) is 0.263. The summed E-state index contributed by atoms with van der Waals surface area (Å²) in [6.45, 7) is 0.0892. The number of hydrogen-bond acceptors (Lipinski definition) is 5. The minimum atomic E-state index is -0.577. The molecule has 0 spiro atoms. The lowest BCUT2D eigenvalue weighted by Gasteiger charge is -2.24. The largest absolute Gasteiger partial charge is 0.477 e. The number of nitro benzene ring substituents is 1. The molecule has 0 saturated carbocycles. The van der Waals surface area contributed by atoms with Crippen LogP contribution in [-0.2, 0) is 9.59 Å². The number of likely N-dealkylation sites (tertiary alicyclic amines) is 1. The lowest BCUT2D eigenvalue weighted by molar-refractivity contribution is -0.385. The third kappa shape index (κ3) is 4.41. The average molecular weight is 369 g/mol. The molecule has 3 rings (SSSR count). The molecule has 1 aliphatic rings. The summed E-state index contributed by atoms with van der Waals surface area (Å²) in [7, 11) is 0. The second-order valence-corrected chi connectivity index (χ2v) is 6.11. The zero-order valence-corrected chi connectivity index (χ0v) is 14.5. The lowest BCUT2D eigenvalue weighted by Crippen LogP contribution is -2.45. The normalized spacial score (nSPS) is 16.0. The van der Waals surface area contributed by atoms with Crippen LogP contribution in [0.2, 0.25) is 0 Å². The third-order valence-corrected chi connectivity index (χ3v) is 4.33. The maximum absolute atomic E-state index is 12.5. The smallest absolute Gasteiger partial charge is 0.310 e. The highest BCUT2D eigenvalue weighted by Gasteiger charge is 2.34. The molecule has 0 bridgehead atoms. The van der Waals surface area contributed by atoms with Crippen LogP contribution in [0.1, 0.15) is 12.8 Å². The zero-order valence-electron chi connectivity index (χ0n) is 14.5. The number of benzene rings is 2. The number of nitrogens with zero attached hydrogens (tertiary/aromatic N) is 2. The predicted octanol–water partition coefficient (Wildman–Crippen LogP) is 2.60. The molecule has 8 heteroatoms. The van der Waals surface area contributed by atoms with E-state index in [1.165, 1.54) is 23.1 Å². The molecule has 1 N–H and O–H groups in total. The van der Waals surface area contributed by atoms with Crippen molar-refractivity contribution in [2.45, 2.75) is 18.9 Å². The van der Waals surface area contributed by atoms with Crippen LogP contribution in [0.5, 0.6) is 5.75 Å². The number of anilines is 1. The van der Waals surface area contributed by atoms with Gasteiger partial charge in [0, 0.05) is 18.3 Å². The number of ether oxygens (including phenoxy) is 1. The Morgan fingerprint density at radius 2 is 1.85 bits per heavy atom. The van der Waals surface area contributed by atoms with Crippen LogP contribution in [0, 0.1) is 10.1 Å². The zero-order chi connectivity index (χ0) is 19.2. The molecular formula is C19H19N3O5. The number of hydrogen-bond donors (Lipinski definition) is 1. The Hall–Kier alpha value is -3.42. The molecule has 2 aromatic rings. The number of nitrogens with one attached hydrogen (secondary N) is 1. The molecular weight excluding hydrogens is 350 g/mol. The van der Waals surface area contributed by atoms with Crippen molar-refractivity contribution in [3.63, 3.8) is 0 Å². The molecule has 0 unspecified atom stereocenters. The van der Waals surface area contributed by atoms with Crippen LogP contribution < -0.4 is 10.1 Å². The van der Waals surface area contributed by atoms with Crippen molar-refractivity contribution >= 4 is 23.2 Å². The summed E-state index contributed by atoms with van der Waals surface area (Å²) in [6, 6.07) is 14.3. The number of rotatable bonds is 6. The van der Waals surface area contributed by atoms with Gasteiger partial charge in [-0.3, -0.25) is 19.7 Å². The van der Waals surface area contributed by atoms with E-state index in [0.29, 0.717) is 25.1 Å². The molecule has 1 heterocycles. The standard InChI is InChI=1S/C19H19N3O5/c23-18(13-27-17-11-5-4-9-15(17)22(25)26)21-12-6-10-16(21)19(24)20-14-7-2-1-3-8-14/h1-5,7-9,11,16H,6,10,12-13H2,(H,20,24)/t16-/m0/s1. The molecule has 140 valence electrons. The quantitative estimate of drug-likeness (QED) is 0.623. The first-order valence-electron chi connectivity index (χ1n) is 8.58. The summed E-state index contributed by atoms with van der Waals surface area (Å²) < 4.78 is 5.35. The summed E-state index contributed by atoms with van der Waals surface area (Å²) in [6.07, 6.45) is 1.28. The Kier molecular flexibility index (Phi) is 5.65. The number of para-hydroxylation sites is 3. The van der Waals surface area contributed by atoms with E-state index in [9.17, 15) is 19.7 Å². The van der Waals surface area contributed by atoms with Crippen molar-refractivity contribution in [3.8, 4) is 5.75 Å². The van der Waals surface area contributed by atoms with Crippen LogP contribution >= 0.6 is 0 Å². The molecule has 0 radical (unpaired) electrons. The average Bonchev–Trinajstić information content (AvgIpc) is 3.17. The van der Waals surface area contributed by atoms with Gasteiger partial charge in [0.25, 0.3) is 5.91 Å². The number of nitro groups is 1. The second-order valence-electron chi connectivity index (χ2n) is 6.11. The van der Waals surface area contributed by atoms with Gasteiger partial charge in [0.05, 0.1) is 4.92 Å². The van der Waals surface area contributed by atoms with Crippen LogP contribution in [0.15, 0.2) is 54.6 Å². The molecule has 8 nitrogen and oxygen atoms in total. The first kappa shape index (κ1) is 18.4. The Morgan fingerprint density at radius 3 is 2.59 bits per heavy atom. The summed E-state index contributed by atoms with van der Waals surface area (Å²) in [4.78, 5) is 36.9. The number of carbonyl (C=O) groups excluding carboxylic acids is 2. The van der Waals surface area contributed by atoms with Crippen LogP contribution in [0.4, 0.5) is 11.4 Å². The van der Waals surface area contributed by atoms with Crippen LogP contribution in [-0.4, -0.2) is 40.8 Å². The van der Waals surface area contributed by atoms with Gasteiger partial charge in [0.1, 0.15) is 6.04 Å². The van der Waals surface area contributed by atoms with Gasteiger partial charge in [0.15, 0.2) is 12.4 Å². The van der Waals surface area contributed by atoms with Gasteiger partial charge in [-0.05, 0) is 31.0 Å². The molecule has 1 fully saturated rings. The van der Waals surface area contributed by atoms with Gasteiger partial charge < -0.3 is 15.0 Å². The van der Waals surface area contributed by atoms with E-state index in [1.807, 2.05) is 18.2 Å². The first-order chi connectivity index (χ1) is 13.1. The van der Waals surface area contributed by atoms with Gasteiger partial charge in [0.2, 0.25) is 5.91 Å². The van der Waals surface area contributed by atoms with Gasteiger partial charge in [-0.1, -0.05) is 30.3 Å². The van der Waals surface area contributed by atoms with Crippen molar-refractivity contribution in [1.29, 1.82) is 0 Å². The fourth-order valence-electron chi connectivity index (χ4n) is 3.04. The molecule has 2 amide bonds. The molecule has 1 saturated heterocycles. The highest BCUT2D eigenvalue weighted by molar-refractivity contribution is 5.97. The summed E-state index contributed by atoms with van der Waals surface area (Å²) >= 11 is 0. The van der Waals surface area contributed by atoms with Crippen LogP contribution in [0.25, 0.3) is 0 Å². The van der Waals surface area contributed by atoms with E-state index in [2.05, 4.69) is 5.32 Å². The van der Waals surface area contributed by atoms with Crippen molar-refractivity contribution in [2.75, 3.05) is 18.5 Å². The highest BCUT2D eigenvalue weighted by Crippen LogP contribution is 2.26. The van der Waals surface area contributed by atoms with E-state index in [1.54, 1.807) is 18.2 Å². The topological polar surface area (TPSA) is 102 Å². The van der Waals surface area contributed by atoms with E-state index >= 15 is 0 Å². The summed E-state index contributed by atoms with van der Waals surface area (Å²) in [5, 5.41) is 13.8. The monoisotopic (exact) mass is 369 g/mol. The summed E-state index contributed by atoms with van der Waals surface area (Å²) in [5.41, 5.74) is 0.461. The van der Waals surface area contributed by atoms with E-state index < -0.39 is 11.0 Å². The second kappa shape index (κ2) is 8.31. The molecule has 2 aromatic carbocycles. The minimum Gasteiger partial charge on any atom is -0.477 e. The molecule has 0 aromatic heterocycles. The highest BCUT2D eigenvalue weighted by atomic mass is 16.6. The Labute approximate surface area is 155 Å². The van der Waals surface area contributed by atoms with Crippen molar-refractivity contribution in [3.05, 3.63) is 64.7 Å². The van der Waals surface area contributed by atoms with Gasteiger partial charge in [-0.15, -0.1) is 0 Å². The van der Waals surface area contributed by atoms with E-state index in [4.69, 9.17) is 4.74 Å². The van der Waals surface area contributed by atoms with Gasteiger partial charge in [-0.25, -0.2) is 0 Å². The third-order valence-electron chi connectivity index (χ3n) is 4.33. The maximum atomic E-state index is 12.5. The maximum Gasteiger partial charge on any atom is 0.310 e. The van der Waals surface area contributed by atoms with Crippen LogP contribution in [0.3, 0.4) is 0 Å². The lowest BCUT2D eigenvalue weighted by atomic mass is 10.2. The molecule has 0 aliphatic carbocycles. The van der Waals surface area contributed by atoms with Crippen molar-refractivity contribution in [1.82, 2.24) is 4.90 Å². The molecule has 27 heavy (non-hydrogen) atoms. The van der Waals surface area contributed by atoms with Gasteiger partial charge in [-0.2, -0.15) is 0 Å². The number of carbonyl (C=O) groups is 2. The SMILES string of the molecule is O=C(Nc1ccccc1)[C@@H]1CCCN1C(=O)COc1ccccc1[N+](=O)[O-]. The van der Waals surface area contributed by atoms with Gasteiger partial charge >= 0.3 is 5.69 Å². The van der Waals surface area contributed by atoms with Crippen molar-refractivity contribution < 1.29 is 19.2 Å². The van der Waals surface area contributed by atoms with E-state index in [-0.39, 0.29) is 29.9 Å². The Bertz CT molecular complexity index is 840. The Balaban J connectivity index is 1.62. The minimum absolute atomic E-state index is 0.0281. The number of amides is 2. The fourth-order valence-corrected chi connectivity index (χ4v) is 3.04. The first-order valence-corrected chi connectivity index (χ1v) is 8.58. The van der Waals surface area contributed by atoms with E-state index in [0.717, 1.165) is 0 Å². The molecule has 1 aliphatic heterocycles.